The lowest BCUT2D eigenvalue weighted by Crippen LogP contribution is -2.15. The number of amides is 1. The number of ether oxygens (including phenoxy) is 2. The Balaban J connectivity index is 2.07. The van der Waals surface area contributed by atoms with Crippen LogP contribution in [0.3, 0.4) is 0 Å². The van der Waals surface area contributed by atoms with E-state index < -0.39 is 0 Å². The highest BCUT2D eigenvalue weighted by atomic mass is 16.5. The molecule has 0 spiro atoms. The van der Waals surface area contributed by atoms with Crippen LogP contribution in [0.1, 0.15) is 10.5 Å². The largest absolute Gasteiger partial charge is 0.495 e. The summed E-state index contributed by atoms with van der Waals surface area (Å²) in [5, 5.41) is 5.95. The van der Waals surface area contributed by atoms with E-state index in [0.29, 0.717) is 30.3 Å². The molecule has 2 N–H and O–H groups in total. The van der Waals surface area contributed by atoms with E-state index in [0.717, 1.165) is 5.69 Å². The van der Waals surface area contributed by atoms with Crippen molar-refractivity contribution >= 4 is 17.3 Å². The summed E-state index contributed by atoms with van der Waals surface area (Å²) in [6.07, 6.45) is 1.59. The quantitative estimate of drug-likeness (QED) is 0.768. The highest BCUT2D eigenvalue weighted by molar-refractivity contribution is 6.04. The van der Waals surface area contributed by atoms with Crippen molar-refractivity contribution in [3.8, 4) is 5.75 Å². The van der Waals surface area contributed by atoms with Crippen LogP contribution in [0.5, 0.6) is 5.75 Å². The fourth-order valence-electron chi connectivity index (χ4n) is 1.90. The third-order valence-corrected chi connectivity index (χ3v) is 2.98. The molecule has 22 heavy (non-hydrogen) atoms. The van der Waals surface area contributed by atoms with Gasteiger partial charge in [-0.3, -0.25) is 9.78 Å². The average Bonchev–Trinajstić information content (AvgIpc) is 2.56. The molecule has 6 nitrogen and oxygen atoms in total. The molecular formula is C16H19N3O3. The molecule has 0 aliphatic carbocycles. The molecule has 1 amide bonds. The number of pyridine rings is 1. The molecule has 0 atom stereocenters. The molecule has 0 unspecified atom stereocenters. The summed E-state index contributed by atoms with van der Waals surface area (Å²) in [6.45, 7) is 1.25. The zero-order chi connectivity index (χ0) is 15.8. The average molecular weight is 301 g/mol. The first-order valence-electron chi connectivity index (χ1n) is 6.88. The number of aromatic nitrogens is 1. The van der Waals surface area contributed by atoms with Crippen LogP contribution >= 0.6 is 0 Å². The van der Waals surface area contributed by atoms with Crippen LogP contribution in [0, 0.1) is 0 Å². The minimum atomic E-state index is -0.292. The lowest BCUT2D eigenvalue weighted by molar-refractivity contribution is 0.102. The molecule has 1 aromatic heterocycles. The first-order valence-corrected chi connectivity index (χ1v) is 6.88. The molecular weight excluding hydrogens is 282 g/mol. The molecule has 0 radical (unpaired) electrons. The van der Waals surface area contributed by atoms with E-state index >= 15 is 0 Å². The maximum atomic E-state index is 12.3. The molecule has 0 aliphatic rings. The van der Waals surface area contributed by atoms with Gasteiger partial charge in [0.2, 0.25) is 0 Å². The number of hydrogen-bond acceptors (Lipinski definition) is 5. The lowest BCUT2D eigenvalue weighted by Gasteiger charge is -2.10. The van der Waals surface area contributed by atoms with Crippen molar-refractivity contribution in [1.29, 1.82) is 0 Å². The number of para-hydroxylation sites is 2. The topological polar surface area (TPSA) is 72.5 Å². The van der Waals surface area contributed by atoms with Crippen molar-refractivity contribution in [1.82, 2.24) is 4.98 Å². The molecule has 1 aromatic carbocycles. The molecule has 2 rings (SSSR count). The van der Waals surface area contributed by atoms with Gasteiger partial charge in [-0.1, -0.05) is 12.1 Å². The summed E-state index contributed by atoms with van der Waals surface area (Å²) in [5.74, 6) is 0.310. The number of nitrogens with one attached hydrogen (secondary N) is 2. The van der Waals surface area contributed by atoms with Gasteiger partial charge in [0, 0.05) is 25.5 Å². The van der Waals surface area contributed by atoms with Crippen molar-refractivity contribution in [2.75, 3.05) is 38.0 Å². The van der Waals surface area contributed by atoms with Gasteiger partial charge in [0.15, 0.2) is 0 Å². The van der Waals surface area contributed by atoms with Gasteiger partial charge >= 0.3 is 0 Å². The van der Waals surface area contributed by atoms with Crippen LogP contribution in [0.4, 0.5) is 11.4 Å². The minimum absolute atomic E-state index is 0.292. The van der Waals surface area contributed by atoms with Crippen LogP contribution in [-0.4, -0.2) is 38.3 Å². The monoisotopic (exact) mass is 301 g/mol. The Kier molecular flexibility index (Phi) is 5.73. The Bertz CT molecular complexity index is 632. The number of benzene rings is 1. The molecule has 116 valence electrons. The van der Waals surface area contributed by atoms with E-state index in [9.17, 15) is 4.79 Å². The third-order valence-electron chi connectivity index (χ3n) is 2.98. The fourth-order valence-corrected chi connectivity index (χ4v) is 1.90. The molecule has 0 saturated heterocycles. The lowest BCUT2D eigenvalue weighted by atomic mass is 10.2. The van der Waals surface area contributed by atoms with Crippen molar-refractivity contribution < 1.29 is 14.3 Å². The summed E-state index contributed by atoms with van der Waals surface area (Å²) < 4.78 is 10.2. The van der Waals surface area contributed by atoms with Crippen LogP contribution in [0.15, 0.2) is 42.6 Å². The van der Waals surface area contributed by atoms with Crippen molar-refractivity contribution in [3.63, 3.8) is 0 Å². The maximum absolute atomic E-state index is 12.3. The minimum Gasteiger partial charge on any atom is -0.495 e. The number of carbonyl (C=O) groups excluding carboxylic acids is 1. The second-order valence-corrected chi connectivity index (χ2v) is 4.50. The third kappa shape index (κ3) is 4.20. The second-order valence-electron chi connectivity index (χ2n) is 4.50. The van der Waals surface area contributed by atoms with E-state index in [1.54, 1.807) is 44.7 Å². The molecule has 2 aromatic rings. The molecule has 6 heteroatoms. The standard InChI is InChI=1S/C16H19N3O3/c1-21-10-9-17-12-7-8-18-14(11-12)16(20)19-13-5-3-4-6-15(13)22-2/h3-8,11H,9-10H2,1-2H3,(H,17,18)(H,19,20). The number of anilines is 2. The van der Waals surface area contributed by atoms with Gasteiger partial charge in [0.05, 0.1) is 19.4 Å². The van der Waals surface area contributed by atoms with Crippen molar-refractivity contribution in [3.05, 3.63) is 48.3 Å². The second kappa shape index (κ2) is 7.99. The number of nitrogens with zero attached hydrogens (tertiary/aromatic N) is 1. The van der Waals surface area contributed by atoms with E-state index in [1.165, 1.54) is 0 Å². The number of rotatable bonds is 7. The highest BCUT2D eigenvalue weighted by Gasteiger charge is 2.11. The van der Waals surface area contributed by atoms with Crippen LogP contribution in [0.2, 0.25) is 0 Å². The fraction of sp³-hybridized carbons (Fsp3) is 0.250. The predicted molar refractivity (Wildman–Crippen MR) is 85.5 cm³/mol. The Morgan fingerprint density at radius 3 is 2.82 bits per heavy atom. The van der Waals surface area contributed by atoms with Crippen molar-refractivity contribution in [2.45, 2.75) is 0 Å². The molecule has 0 saturated carbocycles. The van der Waals surface area contributed by atoms with Gasteiger partial charge in [-0.25, -0.2) is 0 Å². The molecule has 0 fully saturated rings. The Hall–Kier alpha value is -2.60. The van der Waals surface area contributed by atoms with E-state index in [-0.39, 0.29) is 5.91 Å². The molecule has 0 aliphatic heterocycles. The Morgan fingerprint density at radius 1 is 1.23 bits per heavy atom. The number of methoxy groups -OCH3 is 2. The Morgan fingerprint density at radius 2 is 2.05 bits per heavy atom. The summed E-state index contributed by atoms with van der Waals surface area (Å²) >= 11 is 0. The summed E-state index contributed by atoms with van der Waals surface area (Å²) in [6, 6.07) is 10.7. The maximum Gasteiger partial charge on any atom is 0.274 e. The summed E-state index contributed by atoms with van der Waals surface area (Å²) in [7, 11) is 3.20. The first-order chi connectivity index (χ1) is 10.7. The van der Waals surface area contributed by atoms with Gasteiger partial charge < -0.3 is 20.1 Å². The zero-order valence-corrected chi connectivity index (χ0v) is 12.6. The van der Waals surface area contributed by atoms with Crippen LogP contribution < -0.4 is 15.4 Å². The van der Waals surface area contributed by atoms with E-state index in [1.807, 2.05) is 12.1 Å². The smallest absolute Gasteiger partial charge is 0.274 e. The Labute approximate surface area is 129 Å². The summed E-state index contributed by atoms with van der Waals surface area (Å²) in [4.78, 5) is 16.4. The van der Waals surface area contributed by atoms with Crippen LogP contribution in [0.25, 0.3) is 0 Å². The van der Waals surface area contributed by atoms with Gasteiger partial charge in [0.25, 0.3) is 5.91 Å². The van der Waals surface area contributed by atoms with E-state index in [4.69, 9.17) is 9.47 Å². The summed E-state index contributed by atoms with van der Waals surface area (Å²) in [5.41, 5.74) is 1.75. The van der Waals surface area contributed by atoms with Gasteiger partial charge in [-0.2, -0.15) is 0 Å². The highest BCUT2D eigenvalue weighted by Crippen LogP contribution is 2.23. The SMILES string of the molecule is COCCNc1ccnc(C(=O)Nc2ccccc2OC)c1. The van der Waals surface area contributed by atoms with Gasteiger partial charge in [-0.15, -0.1) is 0 Å². The predicted octanol–water partition coefficient (Wildman–Crippen LogP) is 2.40. The van der Waals surface area contributed by atoms with Crippen molar-refractivity contribution in [2.24, 2.45) is 0 Å². The number of carbonyl (C=O) groups is 1. The van der Waals surface area contributed by atoms with Gasteiger partial charge in [0.1, 0.15) is 11.4 Å². The normalized spacial score (nSPS) is 10.1. The first kappa shape index (κ1) is 15.8. The van der Waals surface area contributed by atoms with E-state index in [2.05, 4.69) is 15.6 Å². The molecule has 0 bridgehead atoms. The molecule has 1 heterocycles. The van der Waals surface area contributed by atoms with Crippen LogP contribution in [-0.2, 0) is 4.74 Å². The number of hydrogen-bond donors (Lipinski definition) is 2. The van der Waals surface area contributed by atoms with Gasteiger partial charge in [-0.05, 0) is 24.3 Å². The zero-order valence-electron chi connectivity index (χ0n) is 12.6.